The number of hydrogen-bond acceptors (Lipinski definition) is 14. The van der Waals surface area contributed by atoms with Gasteiger partial charge in [0.15, 0.2) is 0 Å². The van der Waals surface area contributed by atoms with Gasteiger partial charge in [-0.1, -0.05) is 72.8 Å². The Hall–Kier alpha value is -10.3. The van der Waals surface area contributed by atoms with E-state index in [9.17, 15) is 14.4 Å². The molecule has 0 radical (unpaired) electrons. The fraction of sp³-hybridized carbons (Fsp3) is 0.194. The summed E-state index contributed by atoms with van der Waals surface area (Å²) in [5, 5.41) is 17.6. The minimum Gasteiger partial charge on any atom is -0.353 e. The number of aromatic nitrogens is 6. The minimum absolute atomic E-state index is 0.103. The van der Waals surface area contributed by atoms with E-state index < -0.39 is 0 Å². The van der Waals surface area contributed by atoms with Crippen LogP contribution in [0.3, 0.4) is 0 Å². The van der Waals surface area contributed by atoms with Crippen LogP contribution in [0.25, 0.3) is 44.3 Å². The third-order valence-corrected chi connectivity index (χ3v) is 14.8. The van der Waals surface area contributed by atoms with Gasteiger partial charge in [0.25, 0.3) is 0 Å². The smallest absolute Gasteiger partial charge is 0.228 e. The molecule has 0 spiro atoms. The summed E-state index contributed by atoms with van der Waals surface area (Å²) in [7, 11) is 0. The largest absolute Gasteiger partial charge is 0.353 e. The van der Waals surface area contributed by atoms with Crippen LogP contribution in [0.2, 0.25) is 0 Å². The maximum Gasteiger partial charge on any atom is 0.228 e. The predicted octanol–water partition coefficient (Wildman–Crippen LogP) is 10.2. The zero-order valence-electron chi connectivity index (χ0n) is 46.6. The SMILES string of the molecule is CC(=O)Nc1ccc(CC(=O)Nc2ccc(-c3ccc4ncc(N5CCN(Cc6cccnc6)CC5)nc4c3)cc2)cc1.N#Cc1ccc(CC(=O)Nc2ccc(-c3ccc4ncc(N5CCN(Cc6cccnc6)CC5)nc4c3)cc2)cc1. The Kier molecular flexibility index (Phi) is 17.6. The first-order valence-electron chi connectivity index (χ1n) is 28.0. The number of amides is 3. The van der Waals surface area contributed by atoms with E-state index in [2.05, 4.69) is 85.8 Å². The summed E-state index contributed by atoms with van der Waals surface area (Å²) < 4.78 is 0. The summed E-state index contributed by atoms with van der Waals surface area (Å²) in [6.07, 6.45) is 11.7. The fourth-order valence-electron chi connectivity index (χ4n) is 10.3. The van der Waals surface area contributed by atoms with Gasteiger partial charge in [0, 0.05) is 114 Å². The van der Waals surface area contributed by atoms with Crippen molar-refractivity contribution >= 4 is 68.5 Å². The lowest BCUT2D eigenvalue weighted by Gasteiger charge is -2.35. The lowest BCUT2D eigenvalue weighted by Crippen LogP contribution is -2.46. The maximum absolute atomic E-state index is 12.6. The first-order valence-corrected chi connectivity index (χ1v) is 28.0. The second-order valence-corrected chi connectivity index (χ2v) is 20.9. The highest BCUT2D eigenvalue weighted by molar-refractivity contribution is 5.94. The summed E-state index contributed by atoms with van der Waals surface area (Å²) in [6, 6.07) is 52.5. The highest BCUT2D eigenvalue weighted by Gasteiger charge is 2.21. The van der Waals surface area contributed by atoms with Crippen LogP contribution in [-0.4, -0.2) is 110 Å². The molecule has 0 bridgehead atoms. The molecule has 84 heavy (non-hydrogen) atoms. The van der Waals surface area contributed by atoms with Crippen LogP contribution < -0.4 is 25.8 Å². The zero-order chi connectivity index (χ0) is 57.6. The summed E-state index contributed by atoms with van der Waals surface area (Å²) in [4.78, 5) is 73.5. The molecule has 12 rings (SSSR count). The van der Waals surface area contributed by atoms with E-state index in [1.807, 2.05) is 134 Å². The number of piperazine rings is 2. The van der Waals surface area contributed by atoms with Gasteiger partial charge in [-0.3, -0.25) is 44.1 Å². The fourth-order valence-corrected chi connectivity index (χ4v) is 10.3. The summed E-state index contributed by atoms with van der Waals surface area (Å²) in [5.41, 5.74) is 14.5. The van der Waals surface area contributed by atoms with Gasteiger partial charge in [-0.2, -0.15) is 5.26 Å². The molecule has 0 aliphatic carbocycles. The van der Waals surface area contributed by atoms with Crippen LogP contribution >= 0.6 is 0 Å². The van der Waals surface area contributed by atoms with Crippen molar-refractivity contribution in [1.29, 1.82) is 5.26 Å². The van der Waals surface area contributed by atoms with Crippen LogP contribution in [0.5, 0.6) is 0 Å². The summed E-state index contributed by atoms with van der Waals surface area (Å²) in [6.45, 7) is 10.7. The van der Waals surface area contributed by atoms with E-state index in [1.54, 1.807) is 36.4 Å². The first kappa shape index (κ1) is 55.6. The molecular formula is C67H62N14O3. The molecule has 17 heteroatoms. The number of pyridine rings is 2. The highest BCUT2D eigenvalue weighted by atomic mass is 16.2. The van der Waals surface area contributed by atoms with Gasteiger partial charge < -0.3 is 25.8 Å². The van der Waals surface area contributed by atoms with E-state index in [4.69, 9.17) is 15.2 Å². The third-order valence-electron chi connectivity index (χ3n) is 14.8. The number of fused-ring (bicyclic) bond motifs is 2. The number of nitrogens with one attached hydrogen (secondary N) is 3. The standard InChI is InChI=1S/C34H33N7O2.C33H29N7O/c1-24(42)37-29-9-4-25(5-10-29)19-34(43)38-30-11-6-27(7-12-30)28-8-13-31-32(20-28)39-33(22-36-31)41-17-15-40(16-18-41)23-26-3-2-14-35-21-26;34-20-25-5-3-24(4-6-25)18-33(41)37-29-10-7-27(8-11-29)28-9-12-30-31(19-28)38-32(22-36-30)40-16-14-39(15-17-40)23-26-2-1-13-35-21-26/h2-14,20-22H,15-19,23H2,1H3,(H,37,42)(H,38,43);1-13,19,21-22H,14-18,23H2,(H,37,41). The van der Waals surface area contributed by atoms with Crippen molar-refractivity contribution in [3.05, 3.63) is 223 Å². The van der Waals surface area contributed by atoms with Gasteiger partial charge in [-0.05, 0) is 129 Å². The number of anilines is 5. The molecule has 0 unspecified atom stereocenters. The van der Waals surface area contributed by atoms with Crippen molar-refractivity contribution in [3.63, 3.8) is 0 Å². The monoisotopic (exact) mass is 1110 g/mol. The maximum atomic E-state index is 12.6. The Morgan fingerprint density at radius 2 is 0.857 bits per heavy atom. The molecule has 0 atom stereocenters. The molecule has 2 saturated heterocycles. The number of rotatable bonds is 15. The molecule has 3 N–H and O–H groups in total. The third kappa shape index (κ3) is 14.8. The molecule has 0 saturated carbocycles. The van der Waals surface area contributed by atoms with Gasteiger partial charge >= 0.3 is 0 Å². The molecule has 10 aromatic rings. The van der Waals surface area contributed by atoms with Gasteiger partial charge in [-0.25, -0.2) is 9.97 Å². The van der Waals surface area contributed by atoms with Crippen LogP contribution in [0.1, 0.15) is 34.7 Å². The van der Waals surface area contributed by atoms with Crippen LogP contribution in [-0.2, 0) is 40.3 Å². The molecular weight excluding hydrogens is 1050 g/mol. The topological polar surface area (TPSA) is 201 Å². The Balaban J connectivity index is 0.000000176. The molecule has 2 aliphatic rings. The second kappa shape index (κ2) is 26.5. The first-order chi connectivity index (χ1) is 41.1. The molecule has 4 aromatic heterocycles. The van der Waals surface area contributed by atoms with E-state index in [0.29, 0.717) is 11.3 Å². The molecule has 6 heterocycles. The lowest BCUT2D eigenvalue weighted by molar-refractivity contribution is -0.116. The van der Waals surface area contributed by atoms with E-state index in [-0.39, 0.29) is 30.6 Å². The number of hydrogen-bond donors (Lipinski definition) is 3. The molecule has 3 amide bonds. The van der Waals surface area contributed by atoms with E-state index in [1.165, 1.54) is 18.1 Å². The lowest BCUT2D eigenvalue weighted by atomic mass is 10.0. The molecule has 418 valence electrons. The van der Waals surface area contributed by atoms with E-state index in [0.717, 1.165) is 144 Å². The van der Waals surface area contributed by atoms with Gasteiger partial charge in [0.1, 0.15) is 11.6 Å². The van der Waals surface area contributed by atoms with Crippen LogP contribution in [0.4, 0.5) is 28.7 Å². The van der Waals surface area contributed by atoms with Crippen molar-refractivity contribution in [1.82, 2.24) is 39.7 Å². The predicted molar refractivity (Wildman–Crippen MR) is 330 cm³/mol. The average Bonchev–Trinajstić information content (AvgIpc) is 3.72. The normalized spacial score (nSPS) is 13.6. The summed E-state index contributed by atoms with van der Waals surface area (Å²) >= 11 is 0. The quantitative estimate of drug-likeness (QED) is 0.0875. The van der Waals surface area contributed by atoms with Crippen LogP contribution in [0.15, 0.2) is 195 Å². The minimum atomic E-state index is -0.127. The number of carbonyl (C=O) groups is 3. The number of nitrogens with zero attached hydrogens (tertiary/aromatic N) is 11. The van der Waals surface area contributed by atoms with Gasteiger partial charge in [-0.15, -0.1) is 0 Å². The van der Waals surface area contributed by atoms with Crippen molar-refractivity contribution < 1.29 is 14.4 Å². The van der Waals surface area contributed by atoms with Gasteiger partial charge in [0.05, 0.1) is 58.9 Å². The Bertz CT molecular complexity index is 3920. The molecule has 2 fully saturated rings. The Morgan fingerprint density at radius 3 is 1.26 bits per heavy atom. The van der Waals surface area contributed by atoms with Crippen molar-refractivity contribution in [2.75, 3.05) is 78.1 Å². The summed E-state index contributed by atoms with van der Waals surface area (Å²) in [5.74, 6) is 1.46. The highest BCUT2D eigenvalue weighted by Crippen LogP contribution is 2.29. The van der Waals surface area contributed by atoms with Gasteiger partial charge in [0.2, 0.25) is 17.7 Å². The number of benzene rings is 6. The zero-order valence-corrected chi connectivity index (χ0v) is 46.6. The van der Waals surface area contributed by atoms with Crippen molar-refractivity contribution in [3.8, 4) is 28.3 Å². The van der Waals surface area contributed by atoms with E-state index >= 15 is 0 Å². The van der Waals surface area contributed by atoms with Crippen LogP contribution in [0, 0.1) is 11.3 Å². The molecule has 6 aromatic carbocycles. The Morgan fingerprint density at radius 1 is 0.452 bits per heavy atom. The van der Waals surface area contributed by atoms with Crippen molar-refractivity contribution in [2.24, 2.45) is 0 Å². The number of carbonyl (C=O) groups excluding carboxylic acids is 3. The Labute approximate surface area is 487 Å². The van der Waals surface area contributed by atoms with Crippen molar-refractivity contribution in [2.45, 2.75) is 32.9 Å². The average molecular weight is 1110 g/mol. The number of nitriles is 1. The second-order valence-electron chi connectivity index (χ2n) is 20.9. The molecule has 2 aliphatic heterocycles. The molecule has 17 nitrogen and oxygen atoms in total.